The minimum atomic E-state index is -2.61. The molecule has 36 heavy (non-hydrogen) atoms. The minimum Gasteiger partial charge on any atom is -0.371 e. The van der Waals surface area contributed by atoms with Crippen LogP contribution >= 0.6 is 0 Å². The van der Waals surface area contributed by atoms with Gasteiger partial charge in [-0.3, -0.25) is 4.90 Å². The quantitative estimate of drug-likeness (QED) is 0.388. The smallest absolute Gasteiger partial charge is 0.251 e. The minimum absolute atomic E-state index is 0.153. The van der Waals surface area contributed by atoms with E-state index in [2.05, 4.69) is 16.8 Å². The topological polar surface area (TPSA) is 22.3 Å². The van der Waals surface area contributed by atoms with Gasteiger partial charge in [0.25, 0.3) is 6.43 Å². The highest BCUT2D eigenvalue weighted by molar-refractivity contribution is 5.85. The summed E-state index contributed by atoms with van der Waals surface area (Å²) in [6, 6.07) is 9.27. The van der Waals surface area contributed by atoms with Crippen molar-refractivity contribution in [2.24, 2.45) is 11.3 Å². The molecule has 1 aliphatic carbocycles. The Morgan fingerprint density at radius 3 is 2.33 bits per heavy atom. The van der Waals surface area contributed by atoms with Crippen LogP contribution < -0.4 is 4.90 Å². The van der Waals surface area contributed by atoms with E-state index in [0.717, 1.165) is 48.3 Å². The van der Waals surface area contributed by atoms with Crippen molar-refractivity contribution in [2.45, 2.75) is 64.5 Å². The van der Waals surface area contributed by atoms with Crippen LogP contribution in [0.1, 0.15) is 62.4 Å². The Kier molecular flexibility index (Phi) is 5.82. The van der Waals surface area contributed by atoms with Crippen LogP contribution in [0.2, 0.25) is 0 Å². The van der Waals surface area contributed by atoms with E-state index < -0.39 is 30.6 Å². The Balaban J connectivity index is 1.38. The average Bonchev–Trinajstić information content (AvgIpc) is 3.18. The molecule has 2 atom stereocenters. The summed E-state index contributed by atoms with van der Waals surface area (Å²) in [6.07, 6.45) is 2.51. The molecular weight excluding hydrogens is 466 g/mol. The molecule has 6 rings (SSSR count). The van der Waals surface area contributed by atoms with E-state index in [0.29, 0.717) is 23.2 Å². The standard InChI is InChI=1S/C29H33F4N3/c1-17-14-29(15-17)7-9-35(10-8-29)19-12-22(30)26(23(31)13-19)28-27-21(11-18(2)36(28)16-25(32)33)20-5-3-4-6-24(20)34-27/h3-6,12-13,17-18,25,28,34H,7-11,14-16H2,1-2H3/t18-,28-/m1/s1. The zero-order valence-electron chi connectivity index (χ0n) is 20.8. The number of para-hydroxylation sites is 1. The largest absolute Gasteiger partial charge is 0.371 e. The number of halogens is 4. The molecule has 2 aromatic carbocycles. The zero-order chi connectivity index (χ0) is 25.2. The van der Waals surface area contributed by atoms with Gasteiger partial charge in [-0.05, 0) is 74.1 Å². The normalized spacial score (nSPS) is 24.5. The molecule has 2 fully saturated rings. The second kappa shape index (κ2) is 8.79. The fourth-order valence-electron chi connectivity index (χ4n) is 7.34. The summed E-state index contributed by atoms with van der Waals surface area (Å²) in [6.45, 7) is 5.16. The first-order valence-electron chi connectivity index (χ1n) is 13.1. The van der Waals surface area contributed by atoms with E-state index in [1.807, 2.05) is 31.2 Å². The number of fused-ring (bicyclic) bond motifs is 3. The second-order valence-corrected chi connectivity index (χ2v) is 11.4. The summed E-state index contributed by atoms with van der Waals surface area (Å²) in [5, 5.41) is 0.978. The Morgan fingerprint density at radius 1 is 1.03 bits per heavy atom. The third-order valence-corrected chi connectivity index (χ3v) is 8.96. The monoisotopic (exact) mass is 499 g/mol. The maximum atomic E-state index is 15.8. The summed E-state index contributed by atoms with van der Waals surface area (Å²) in [7, 11) is 0. The van der Waals surface area contributed by atoms with E-state index in [-0.39, 0.29) is 11.6 Å². The number of aromatic nitrogens is 1. The van der Waals surface area contributed by atoms with Crippen molar-refractivity contribution in [3.63, 3.8) is 0 Å². The number of aromatic amines is 1. The number of alkyl halides is 2. The Labute approximate surface area is 209 Å². The van der Waals surface area contributed by atoms with Crippen molar-refractivity contribution in [1.29, 1.82) is 0 Å². The number of nitrogens with zero attached hydrogens (tertiary/aromatic N) is 2. The maximum absolute atomic E-state index is 15.8. The van der Waals surface area contributed by atoms with Crippen molar-refractivity contribution in [1.82, 2.24) is 9.88 Å². The summed E-state index contributed by atoms with van der Waals surface area (Å²) < 4.78 is 58.9. The van der Waals surface area contributed by atoms with Crippen LogP contribution in [0.3, 0.4) is 0 Å². The molecule has 1 aromatic heterocycles. The molecule has 0 amide bonds. The number of hydrogen-bond acceptors (Lipinski definition) is 2. The van der Waals surface area contributed by atoms with Crippen molar-refractivity contribution < 1.29 is 17.6 Å². The second-order valence-electron chi connectivity index (χ2n) is 11.4. The predicted octanol–water partition coefficient (Wildman–Crippen LogP) is 7.06. The summed E-state index contributed by atoms with van der Waals surface area (Å²) in [5.41, 5.74) is 3.21. The number of nitrogens with one attached hydrogen (secondary N) is 1. The lowest BCUT2D eigenvalue weighted by molar-refractivity contribution is 0.0381. The number of H-pyrrole nitrogens is 1. The van der Waals surface area contributed by atoms with Gasteiger partial charge in [0.15, 0.2) is 0 Å². The Bertz CT molecular complexity index is 1250. The third kappa shape index (κ3) is 3.90. The van der Waals surface area contributed by atoms with Gasteiger partial charge in [-0.25, -0.2) is 17.6 Å². The lowest BCUT2D eigenvalue weighted by Gasteiger charge is -2.52. The molecule has 1 spiro atoms. The highest BCUT2D eigenvalue weighted by Crippen LogP contribution is 2.53. The lowest BCUT2D eigenvalue weighted by Crippen LogP contribution is -2.46. The van der Waals surface area contributed by atoms with Gasteiger partial charge in [0.2, 0.25) is 0 Å². The van der Waals surface area contributed by atoms with Crippen LogP contribution in [0, 0.1) is 23.0 Å². The first kappa shape index (κ1) is 23.8. The molecule has 3 aliphatic rings. The number of hydrogen-bond donors (Lipinski definition) is 1. The Hall–Kier alpha value is -2.54. The van der Waals surface area contributed by atoms with E-state index in [4.69, 9.17) is 0 Å². The van der Waals surface area contributed by atoms with Crippen LogP contribution in [0.15, 0.2) is 36.4 Å². The summed E-state index contributed by atoms with van der Waals surface area (Å²) in [4.78, 5) is 6.93. The van der Waals surface area contributed by atoms with E-state index in [1.54, 1.807) is 4.90 Å². The van der Waals surface area contributed by atoms with Gasteiger partial charge < -0.3 is 9.88 Å². The first-order chi connectivity index (χ1) is 17.2. The molecule has 0 unspecified atom stereocenters. The maximum Gasteiger partial charge on any atom is 0.251 e. The van der Waals surface area contributed by atoms with Crippen LogP contribution in [0.25, 0.3) is 10.9 Å². The van der Waals surface area contributed by atoms with Gasteiger partial charge in [-0.15, -0.1) is 0 Å². The molecule has 0 bridgehead atoms. The van der Waals surface area contributed by atoms with Crippen LogP contribution in [0.4, 0.5) is 23.2 Å². The number of benzene rings is 2. The van der Waals surface area contributed by atoms with Crippen LogP contribution in [0.5, 0.6) is 0 Å². The molecule has 0 radical (unpaired) electrons. The van der Waals surface area contributed by atoms with Gasteiger partial charge >= 0.3 is 0 Å². The Morgan fingerprint density at radius 2 is 1.69 bits per heavy atom. The molecule has 3 heterocycles. The van der Waals surface area contributed by atoms with Gasteiger partial charge in [-0.1, -0.05) is 25.1 Å². The SMILES string of the molecule is CC1CC2(CCN(c3cc(F)c([C@@H]4c5[nH]c6ccccc6c5C[C@@H](C)N4CC(F)F)c(F)c3)CC2)C1. The predicted molar refractivity (Wildman–Crippen MR) is 135 cm³/mol. The molecule has 192 valence electrons. The fraction of sp³-hybridized carbons (Fsp3) is 0.517. The molecule has 1 saturated heterocycles. The molecule has 2 aliphatic heterocycles. The number of piperidine rings is 1. The molecule has 3 nitrogen and oxygen atoms in total. The molecule has 3 aromatic rings. The molecule has 1 N–H and O–H groups in total. The summed E-state index contributed by atoms with van der Waals surface area (Å²) in [5.74, 6) is -0.578. The van der Waals surface area contributed by atoms with Gasteiger partial charge in [0.05, 0.1) is 12.6 Å². The fourth-order valence-corrected chi connectivity index (χ4v) is 7.34. The van der Waals surface area contributed by atoms with E-state index in [1.165, 1.54) is 25.0 Å². The van der Waals surface area contributed by atoms with Gasteiger partial charge in [-0.2, -0.15) is 0 Å². The van der Waals surface area contributed by atoms with Crippen molar-refractivity contribution >= 4 is 16.6 Å². The van der Waals surface area contributed by atoms with Crippen molar-refractivity contribution in [3.05, 3.63) is 64.9 Å². The summed E-state index contributed by atoms with van der Waals surface area (Å²) >= 11 is 0. The van der Waals surface area contributed by atoms with Crippen molar-refractivity contribution in [2.75, 3.05) is 24.5 Å². The van der Waals surface area contributed by atoms with Crippen LogP contribution in [-0.4, -0.2) is 42.0 Å². The van der Waals surface area contributed by atoms with Gasteiger partial charge in [0, 0.05) is 47.0 Å². The van der Waals surface area contributed by atoms with Crippen LogP contribution in [-0.2, 0) is 6.42 Å². The average molecular weight is 500 g/mol. The highest BCUT2D eigenvalue weighted by atomic mass is 19.3. The number of anilines is 1. The van der Waals surface area contributed by atoms with E-state index >= 15 is 8.78 Å². The highest BCUT2D eigenvalue weighted by Gasteiger charge is 2.44. The number of rotatable bonds is 4. The zero-order valence-corrected chi connectivity index (χ0v) is 20.8. The van der Waals surface area contributed by atoms with Crippen molar-refractivity contribution in [3.8, 4) is 0 Å². The van der Waals surface area contributed by atoms with Gasteiger partial charge in [0.1, 0.15) is 11.6 Å². The van der Waals surface area contributed by atoms with E-state index in [9.17, 15) is 8.78 Å². The molecule has 1 saturated carbocycles. The lowest BCUT2D eigenvalue weighted by atomic mass is 9.58. The molecular formula is C29H33F4N3. The third-order valence-electron chi connectivity index (χ3n) is 8.96. The first-order valence-corrected chi connectivity index (χ1v) is 13.1. The molecule has 7 heteroatoms.